The summed E-state index contributed by atoms with van der Waals surface area (Å²) < 4.78 is 0. The van der Waals surface area contributed by atoms with Gasteiger partial charge >= 0.3 is 0 Å². The standard InChI is InChI=1S/C25H27N3O2S/c1-5-18-6-8-19(9-7-18)20-12-22(29)28-25(21(20)13-26)31-14-23(30)27-24-16(3)10-15(2)11-17(24)4/h6-11,20H,5,12,14H2,1-4H3,(H,27,30)(H,28,29). The smallest absolute Gasteiger partial charge is 0.234 e. The lowest BCUT2D eigenvalue weighted by atomic mass is 9.86. The van der Waals surface area contributed by atoms with Crippen LogP contribution in [0.2, 0.25) is 0 Å². The Balaban J connectivity index is 1.77. The van der Waals surface area contributed by atoms with E-state index in [1.807, 2.05) is 57.2 Å². The quantitative estimate of drug-likeness (QED) is 0.680. The normalized spacial score (nSPS) is 16.0. The van der Waals surface area contributed by atoms with Gasteiger partial charge in [0.2, 0.25) is 11.8 Å². The molecule has 1 heterocycles. The monoisotopic (exact) mass is 433 g/mol. The molecule has 1 atom stereocenters. The van der Waals surface area contributed by atoms with Gasteiger partial charge in [-0.2, -0.15) is 5.26 Å². The molecule has 160 valence electrons. The Hall–Kier alpha value is -3.04. The zero-order chi connectivity index (χ0) is 22.5. The van der Waals surface area contributed by atoms with Gasteiger partial charge in [-0.25, -0.2) is 0 Å². The summed E-state index contributed by atoms with van der Waals surface area (Å²) in [7, 11) is 0. The molecule has 0 saturated heterocycles. The molecule has 2 aromatic rings. The number of amides is 2. The van der Waals surface area contributed by atoms with E-state index in [2.05, 4.69) is 23.6 Å². The van der Waals surface area contributed by atoms with Crippen LogP contribution in [0.1, 0.15) is 47.1 Å². The number of nitriles is 1. The van der Waals surface area contributed by atoms with E-state index in [4.69, 9.17) is 0 Å². The number of anilines is 1. The number of thioether (sulfide) groups is 1. The summed E-state index contributed by atoms with van der Waals surface area (Å²) in [6.45, 7) is 8.04. The molecule has 2 aromatic carbocycles. The van der Waals surface area contributed by atoms with Crippen LogP contribution in [0.4, 0.5) is 5.69 Å². The highest BCUT2D eigenvalue weighted by molar-refractivity contribution is 8.03. The molecule has 0 aliphatic carbocycles. The van der Waals surface area contributed by atoms with Gasteiger partial charge in [0.05, 0.1) is 22.4 Å². The van der Waals surface area contributed by atoms with E-state index in [1.54, 1.807) is 0 Å². The third-order valence-electron chi connectivity index (χ3n) is 5.44. The van der Waals surface area contributed by atoms with Gasteiger partial charge in [-0.15, -0.1) is 0 Å². The number of nitrogens with zero attached hydrogens (tertiary/aromatic N) is 1. The molecule has 1 unspecified atom stereocenters. The van der Waals surface area contributed by atoms with Crippen LogP contribution in [-0.4, -0.2) is 17.6 Å². The highest BCUT2D eigenvalue weighted by atomic mass is 32.2. The maximum atomic E-state index is 12.6. The van der Waals surface area contributed by atoms with Crippen LogP contribution >= 0.6 is 11.8 Å². The van der Waals surface area contributed by atoms with Crippen LogP contribution in [0, 0.1) is 32.1 Å². The predicted octanol–water partition coefficient (Wildman–Crippen LogP) is 4.88. The van der Waals surface area contributed by atoms with E-state index < -0.39 is 0 Å². The zero-order valence-corrected chi connectivity index (χ0v) is 19.2. The Bertz CT molecular complexity index is 1060. The highest BCUT2D eigenvalue weighted by Gasteiger charge is 2.29. The lowest BCUT2D eigenvalue weighted by molar-refractivity contribution is -0.121. The van der Waals surface area contributed by atoms with Crippen LogP contribution in [0.15, 0.2) is 47.0 Å². The lowest BCUT2D eigenvalue weighted by Crippen LogP contribution is -2.31. The number of carbonyl (C=O) groups excluding carboxylic acids is 2. The number of allylic oxidation sites excluding steroid dienone is 1. The van der Waals surface area contributed by atoms with Gasteiger partial charge in [-0.3, -0.25) is 9.59 Å². The topological polar surface area (TPSA) is 82.0 Å². The van der Waals surface area contributed by atoms with Crippen molar-refractivity contribution in [2.75, 3.05) is 11.1 Å². The first-order chi connectivity index (χ1) is 14.8. The molecule has 31 heavy (non-hydrogen) atoms. The Morgan fingerprint density at radius 2 is 1.84 bits per heavy atom. The Morgan fingerprint density at radius 3 is 2.42 bits per heavy atom. The number of carbonyl (C=O) groups is 2. The molecule has 3 rings (SSSR count). The van der Waals surface area contributed by atoms with E-state index in [1.165, 1.54) is 17.3 Å². The molecule has 1 aliphatic rings. The average Bonchev–Trinajstić information content (AvgIpc) is 2.74. The SMILES string of the molecule is CCc1ccc(C2CC(=O)NC(SCC(=O)Nc3c(C)cc(C)cc3C)=C2C#N)cc1. The molecule has 5 nitrogen and oxygen atoms in total. The number of hydrogen-bond acceptors (Lipinski definition) is 4. The van der Waals surface area contributed by atoms with Crippen molar-refractivity contribution in [1.82, 2.24) is 5.32 Å². The molecule has 0 spiro atoms. The predicted molar refractivity (Wildman–Crippen MR) is 126 cm³/mol. The molecule has 2 N–H and O–H groups in total. The molecular weight excluding hydrogens is 406 g/mol. The van der Waals surface area contributed by atoms with E-state index in [-0.39, 0.29) is 29.9 Å². The second-order valence-electron chi connectivity index (χ2n) is 7.87. The van der Waals surface area contributed by atoms with Crippen molar-refractivity contribution >= 4 is 29.3 Å². The van der Waals surface area contributed by atoms with E-state index in [9.17, 15) is 14.9 Å². The molecule has 0 radical (unpaired) electrons. The maximum absolute atomic E-state index is 12.6. The lowest BCUT2D eigenvalue weighted by Gasteiger charge is -2.25. The summed E-state index contributed by atoms with van der Waals surface area (Å²) in [5.74, 6) is -0.503. The van der Waals surface area contributed by atoms with Gasteiger partial charge in [0.1, 0.15) is 0 Å². The van der Waals surface area contributed by atoms with Crippen LogP contribution in [0.5, 0.6) is 0 Å². The second-order valence-corrected chi connectivity index (χ2v) is 8.85. The summed E-state index contributed by atoms with van der Waals surface area (Å²) in [6.07, 6.45) is 1.16. The molecule has 2 amide bonds. The molecule has 0 saturated carbocycles. The Morgan fingerprint density at radius 1 is 1.19 bits per heavy atom. The molecule has 0 bridgehead atoms. The number of nitrogens with one attached hydrogen (secondary N) is 2. The first kappa shape index (κ1) is 22.6. The Kier molecular flexibility index (Phi) is 7.19. The van der Waals surface area contributed by atoms with Crippen molar-refractivity contribution in [3.63, 3.8) is 0 Å². The minimum absolute atomic E-state index is 0.106. The van der Waals surface area contributed by atoms with Crippen molar-refractivity contribution in [3.05, 3.63) is 74.8 Å². The van der Waals surface area contributed by atoms with Crippen molar-refractivity contribution in [2.24, 2.45) is 0 Å². The van der Waals surface area contributed by atoms with Crippen LogP contribution < -0.4 is 10.6 Å². The third-order valence-corrected chi connectivity index (χ3v) is 6.45. The van der Waals surface area contributed by atoms with Crippen molar-refractivity contribution in [2.45, 2.75) is 46.5 Å². The van der Waals surface area contributed by atoms with Gasteiger partial charge in [-0.1, -0.05) is 60.6 Å². The number of rotatable bonds is 6. The summed E-state index contributed by atoms with van der Waals surface area (Å²) >= 11 is 1.20. The number of aryl methyl sites for hydroxylation is 4. The van der Waals surface area contributed by atoms with Crippen molar-refractivity contribution in [1.29, 1.82) is 5.26 Å². The summed E-state index contributed by atoms with van der Waals surface area (Å²) in [6, 6.07) is 14.4. The fourth-order valence-electron chi connectivity index (χ4n) is 3.89. The van der Waals surface area contributed by atoms with E-state index >= 15 is 0 Å². The third kappa shape index (κ3) is 5.36. The van der Waals surface area contributed by atoms with Crippen molar-refractivity contribution < 1.29 is 9.59 Å². The first-order valence-corrected chi connectivity index (χ1v) is 11.3. The first-order valence-electron chi connectivity index (χ1n) is 10.4. The van der Waals surface area contributed by atoms with Gasteiger partial charge in [0.25, 0.3) is 0 Å². The van der Waals surface area contributed by atoms with Crippen LogP contribution in [0.3, 0.4) is 0 Å². The number of benzene rings is 2. The summed E-state index contributed by atoms with van der Waals surface area (Å²) in [5.41, 5.74) is 6.63. The fourth-order valence-corrected chi connectivity index (χ4v) is 4.77. The molecule has 1 aliphatic heterocycles. The largest absolute Gasteiger partial charge is 0.325 e. The van der Waals surface area contributed by atoms with Crippen LogP contribution in [-0.2, 0) is 16.0 Å². The molecule has 6 heteroatoms. The Labute approximate surface area is 187 Å². The van der Waals surface area contributed by atoms with Crippen LogP contribution in [0.25, 0.3) is 0 Å². The molecular formula is C25H27N3O2S. The summed E-state index contributed by atoms with van der Waals surface area (Å²) in [5, 5.41) is 16.0. The average molecular weight is 434 g/mol. The summed E-state index contributed by atoms with van der Waals surface area (Å²) in [4.78, 5) is 24.9. The van der Waals surface area contributed by atoms with Gasteiger partial charge in [0, 0.05) is 18.0 Å². The maximum Gasteiger partial charge on any atom is 0.234 e. The minimum Gasteiger partial charge on any atom is -0.325 e. The molecule has 0 aromatic heterocycles. The van der Waals surface area contributed by atoms with Gasteiger partial charge < -0.3 is 10.6 Å². The molecule has 0 fully saturated rings. The second kappa shape index (κ2) is 9.84. The van der Waals surface area contributed by atoms with E-state index in [0.29, 0.717) is 10.6 Å². The van der Waals surface area contributed by atoms with Gasteiger partial charge in [-0.05, 0) is 49.4 Å². The minimum atomic E-state index is -0.295. The van der Waals surface area contributed by atoms with Crippen molar-refractivity contribution in [3.8, 4) is 6.07 Å². The van der Waals surface area contributed by atoms with E-state index in [0.717, 1.165) is 34.4 Å². The number of hydrogen-bond donors (Lipinski definition) is 2. The van der Waals surface area contributed by atoms with Gasteiger partial charge in [0.15, 0.2) is 0 Å². The highest BCUT2D eigenvalue weighted by Crippen LogP contribution is 2.36. The fraction of sp³-hybridized carbons (Fsp3) is 0.320. The zero-order valence-electron chi connectivity index (χ0n) is 18.3.